The lowest BCUT2D eigenvalue weighted by molar-refractivity contribution is -0.140. The fourth-order valence-corrected chi connectivity index (χ4v) is 3.13. The third-order valence-electron chi connectivity index (χ3n) is 4.69. The van der Waals surface area contributed by atoms with Crippen molar-refractivity contribution in [3.63, 3.8) is 0 Å². The van der Waals surface area contributed by atoms with E-state index >= 15 is 0 Å². The summed E-state index contributed by atoms with van der Waals surface area (Å²) >= 11 is 0. The van der Waals surface area contributed by atoms with E-state index in [0.717, 1.165) is 11.8 Å². The van der Waals surface area contributed by atoms with E-state index in [-0.39, 0.29) is 24.0 Å². The van der Waals surface area contributed by atoms with Crippen LogP contribution in [0.25, 0.3) is 16.7 Å². The number of rotatable bonds is 5. The number of alkyl halides is 3. The second-order valence-corrected chi connectivity index (χ2v) is 6.86. The van der Waals surface area contributed by atoms with Crippen molar-refractivity contribution in [2.45, 2.75) is 19.1 Å². The SMILES string of the molecule is O=C(CCn1cnc2c(cnn2-c2ccccc2)c1=O)Nc1ccc(F)c(C(F)(F)F)c1. The lowest BCUT2D eigenvalue weighted by Gasteiger charge is -2.11. The van der Waals surface area contributed by atoms with Gasteiger partial charge in [0, 0.05) is 18.7 Å². The first-order chi connectivity index (χ1) is 15.2. The molecule has 11 heteroatoms. The number of carbonyl (C=O) groups excluding carboxylic acids is 1. The van der Waals surface area contributed by atoms with Crippen LogP contribution in [0.4, 0.5) is 23.2 Å². The lowest BCUT2D eigenvalue weighted by Crippen LogP contribution is -2.23. The fourth-order valence-electron chi connectivity index (χ4n) is 3.13. The van der Waals surface area contributed by atoms with E-state index in [0.29, 0.717) is 17.8 Å². The molecule has 0 bridgehead atoms. The first-order valence-electron chi connectivity index (χ1n) is 9.39. The van der Waals surface area contributed by atoms with Gasteiger partial charge in [-0.05, 0) is 30.3 Å². The summed E-state index contributed by atoms with van der Waals surface area (Å²) in [5.74, 6) is -2.07. The van der Waals surface area contributed by atoms with Crippen molar-refractivity contribution in [1.29, 1.82) is 0 Å². The van der Waals surface area contributed by atoms with Crippen LogP contribution in [0.3, 0.4) is 0 Å². The summed E-state index contributed by atoms with van der Waals surface area (Å²) in [7, 11) is 0. The molecule has 0 atom stereocenters. The summed E-state index contributed by atoms with van der Waals surface area (Å²) in [6, 6.07) is 11.3. The summed E-state index contributed by atoms with van der Waals surface area (Å²) in [4.78, 5) is 29.1. The van der Waals surface area contributed by atoms with Gasteiger partial charge in [-0.25, -0.2) is 14.1 Å². The first kappa shape index (κ1) is 21.2. The second-order valence-electron chi connectivity index (χ2n) is 6.86. The molecule has 0 aliphatic heterocycles. The number of hydrogen-bond acceptors (Lipinski definition) is 4. The van der Waals surface area contributed by atoms with Crippen molar-refractivity contribution < 1.29 is 22.4 Å². The van der Waals surface area contributed by atoms with Crippen molar-refractivity contribution in [2.75, 3.05) is 5.32 Å². The monoisotopic (exact) mass is 445 g/mol. The van der Waals surface area contributed by atoms with Crippen LogP contribution in [-0.4, -0.2) is 25.2 Å². The highest BCUT2D eigenvalue weighted by molar-refractivity contribution is 5.90. The predicted molar refractivity (Wildman–Crippen MR) is 108 cm³/mol. The third kappa shape index (κ3) is 4.22. The van der Waals surface area contributed by atoms with Crippen molar-refractivity contribution >= 4 is 22.6 Å². The molecule has 0 saturated heterocycles. The van der Waals surface area contributed by atoms with Crippen molar-refractivity contribution in [2.24, 2.45) is 0 Å². The summed E-state index contributed by atoms with van der Waals surface area (Å²) in [5.41, 5.74) is -1.01. The van der Waals surface area contributed by atoms with Gasteiger partial charge in [-0.2, -0.15) is 18.3 Å². The Balaban J connectivity index is 1.48. The molecule has 2 aromatic carbocycles. The van der Waals surface area contributed by atoms with Crippen LogP contribution >= 0.6 is 0 Å². The van der Waals surface area contributed by atoms with Crippen molar-refractivity contribution in [3.05, 3.63) is 82.8 Å². The molecular weight excluding hydrogens is 430 g/mol. The number of hydrogen-bond donors (Lipinski definition) is 1. The van der Waals surface area contributed by atoms with E-state index in [2.05, 4.69) is 15.4 Å². The third-order valence-corrected chi connectivity index (χ3v) is 4.69. The molecule has 0 fully saturated rings. The largest absolute Gasteiger partial charge is 0.419 e. The Morgan fingerprint density at radius 3 is 2.56 bits per heavy atom. The molecule has 4 aromatic rings. The zero-order valence-electron chi connectivity index (χ0n) is 16.3. The number of aryl methyl sites for hydroxylation is 1. The number of fused-ring (bicyclic) bond motifs is 1. The number of benzene rings is 2. The van der Waals surface area contributed by atoms with Gasteiger partial charge < -0.3 is 5.32 Å². The molecule has 1 N–H and O–H groups in total. The van der Waals surface area contributed by atoms with Crippen LogP contribution in [0.5, 0.6) is 0 Å². The number of para-hydroxylation sites is 1. The molecular formula is C21H15F4N5O2. The van der Waals surface area contributed by atoms with Crippen LogP contribution in [-0.2, 0) is 17.5 Å². The molecule has 0 spiro atoms. The molecule has 7 nitrogen and oxygen atoms in total. The van der Waals surface area contributed by atoms with E-state index in [9.17, 15) is 27.2 Å². The van der Waals surface area contributed by atoms with E-state index in [1.54, 1.807) is 0 Å². The first-order valence-corrected chi connectivity index (χ1v) is 9.39. The van der Waals surface area contributed by atoms with E-state index in [1.807, 2.05) is 30.3 Å². The summed E-state index contributed by atoms with van der Waals surface area (Å²) < 4.78 is 54.5. The Hall–Kier alpha value is -4.02. The highest BCUT2D eigenvalue weighted by Gasteiger charge is 2.34. The lowest BCUT2D eigenvalue weighted by atomic mass is 10.1. The maximum atomic E-state index is 13.4. The van der Waals surface area contributed by atoms with Crippen LogP contribution in [0, 0.1) is 5.82 Å². The summed E-state index contributed by atoms with van der Waals surface area (Å²) in [6.45, 7) is -0.0581. The molecule has 2 aromatic heterocycles. The zero-order chi connectivity index (χ0) is 22.9. The molecule has 1 amide bonds. The molecule has 4 rings (SSSR count). The van der Waals surface area contributed by atoms with Crippen LogP contribution in [0.2, 0.25) is 0 Å². The number of aromatic nitrogens is 4. The average molecular weight is 445 g/mol. The van der Waals surface area contributed by atoms with Gasteiger partial charge in [0.25, 0.3) is 5.56 Å². The fraction of sp³-hybridized carbons (Fsp3) is 0.143. The quantitative estimate of drug-likeness (QED) is 0.474. The van der Waals surface area contributed by atoms with Gasteiger partial charge in [-0.15, -0.1) is 0 Å². The summed E-state index contributed by atoms with van der Waals surface area (Å²) in [5, 5.41) is 6.72. The van der Waals surface area contributed by atoms with Crippen LogP contribution in [0.15, 0.2) is 65.8 Å². The minimum Gasteiger partial charge on any atom is -0.326 e. The highest BCUT2D eigenvalue weighted by Crippen LogP contribution is 2.33. The molecule has 0 aliphatic rings. The minimum atomic E-state index is -4.89. The van der Waals surface area contributed by atoms with E-state index in [4.69, 9.17) is 0 Å². The Morgan fingerprint density at radius 2 is 1.84 bits per heavy atom. The number of nitrogens with zero attached hydrogens (tertiary/aromatic N) is 4. The maximum absolute atomic E-state index is 13.4. The van der Waals surface area contributed by atoms with Crippen LogP contribution < -0.4 is 10.9 Å². The molecule has 0 radical (unpaired) electrons. The minimum absolute atomic E-state index is 0.0581. The van der Waals surface area contributed by atoms with Gasteiger partial charge >= 0.3 is 6.18 Å². The van der Waals surface area contributed by atoms with Gasteiger partial charge in [0.1, 0.15) is 11.2 Å². The van der Waals surface area contributed by atoms with Gasteiger partial charge in [-0.1, -0.05) is 18.2 Å². The number of anilines is 1. The van der Waals surface area contributed by atoms with Crippen molar-refractivity contribution in [1.82, 2.24) is 19.3 Å². The Kier molecular flexibility index (Phi) is 5.47. The summed E-state index contributed by atoms with van der Waals surface area (Å²) in [6.07, 6.45) is -2.44. The van der Waals surface area contributed by atoms with Gasteiger partial charge in [0.2, 0.25) is 5.91 Å². The smallest absolute Gasteiger partial charge is 0.326 e. The van der Waals surface area contributed by atoms with E-state index in [1.165, 1.54) is 21.8 Å². The highest BCUT2D eigenvalue weighted by atomic mass is 19.4. The molecule has 32 heavy (non-hydrogen) atoms. The number of carbonyl (C=O) groups is 1. The second kappa shape index (κ2) is 8.25. The molecule has 0 unspecified atom stereocenters. The standard InChI is InChI=1S/C21H15F4N5O2/c22-17-7-6-13(10-16(17)21(23,24)25)28-18(31)8-9-29-12-26-19-15(20(29)32)11-27-30(19)14-4-2-1-3-5-14/h1-7,10-12H,8-9H2,(H,28,31). The van der Waals surface area contributed by atoms with Gasteiger partial charge in [0.15, 0.2) is 5.65 Å². The molecule has 164 valence electrons. The molecule has 2 heterocycles. The molecule has 0 aliphatic carbocycles. The van der Waals surface area contributed by atoms with Crippen LogP contribution in [0.1, 0.15) is 12.0 Å². The number of halogens is 4. The zero-order valence-corrected chi connectivity index (χ0v) is 16.3. The maximum Gasteiger partial charge on any atom is 0.419 e. The van der Waals surface area contributed by atoms with Gasteiger partial charge in [0.05, 0.1) is 23.8 Å². The normalized spacial score (nSPS) is 11.6. The van der Waals surface area contributed by atoms with E-state index < -0.39 is 29.0 Å². The Labute approximate surface area is 177 Å². The number of amides is 1. The Bertz CT molecular complexity index is 1350. The van der Waals surface area contributed by atoms with Gasteiger partial charge in [-0.3, -0.25) is 14.2 Å². The Morgan fingerprint density at radius 1 is 1.09 bits per heavy atom. The topological polar surface area (TPSA) is 81.8 Å². The average Bonchev–Trinajstić information content (AvgIpc) is 3.19. The van der Waals surface area contributed by atoms with Crippen molar-refractivity contribution in [3.8, 4) is 5.69 Å². The molecule has 0 saturated carbocycles. The predicted octanol–water partition coefficient (Wildman–Crippen LogP) is 3.77. The number of nitrogens with one attached hydrogen (secondary N) is 1.